The lowest BCUT2D eigenvalue weighted by Crippen LogP contribution is -2.34. The van der Waals surface area contributed by atoms with Crippen molar-refractivity contribution in [2.45, 2.75) is 51.4 Å². The number of ether oxygens (including phenoxy) is 2. The molecule has 0 radical (unpaired) electrons. The van der Waals surface area contributed by atoms with Crippen LogP contribution in [0, 0.1) is 17.1 Å². The Hall–Kier alpha value is -2.91. The summed E-state index contributed by atoms with van der Waals surface area (Å²) in [4.78, 5) is 11.9. The van der Waals surface area contributed by atoms with Gasteiger partial charge in [0.15, 0.2) is 0 Å². The lowest BCUT2D eigenvalue weighted by molar-refractivity contribution is -0.0132. The number of rotatable bonds is 5. The minimum atomic E-state index is -0.743. The van der Waals surface area contributed by atoms with Crippen LogP contribution in [0.25, 0.3) is 0 Å². The largest absolute Gasteiger partial charge is 0.444 e. The first-order valence-electron chi connectivity index (χ1n) is 9.64. The van der Waals surface area contributed by atoms with Crippen molar-refractivity contribution in [3.63, 3.8) is 0 Å². The zero-order valence-electron chi connectivity index (χ0n) is 16.9. The van der Waals surface area contributed by atoms with Gasteiger partial charge in [0.2, 0.25) is 0 Å². The number of benzene rings is 2. The topological polar surface area (TPSA) is 71.3 Å². The molecular weight excluding hydrogens is 371 g/mol. The zero-order chi connectivity index (χ0) is 21.1. The average molecular weight is 396 g/mol. The number of nitriles is 1. The van der Waals surface area contributed by atoms with Gasteiger partial charge in [0.25, 0.3) is 0 Å². The van der Waals surface area contributed by atoms with Crippen LogP contribution >= 0.6 is 0 Å². The number of alkyl carbamates (subject to hydrolysis) is 1. The minimum absolute atomic E-state index is 0.312. The van der Waals surface area contributed by atoms with E-state index in [0.717, 1.165) is 16.7 Å². The van der Waals surface area contributed by atoms with Crippen molar-refractivity contribution >= 4 is 6.09 Å². The number of nitrogens with zero attached hydrogens (tertiary/aromatic N) is 1. The summed E-state index contributed by atoms with van der Waals surface area (Å²) < 4.78 is 25.0. The Morgan fingerprint density at radius 1 is 1.28 bits per heavy atom. The van der Waals surface area contributed by atoms with Crippen molar-refractivity contribution in [1.82, 2.24) is 5.32 Å². The van der Waals surface area contributed by atoms with Gasteiger partial charge in [0, 0.05) is 6.54 Å². The Bertz CT molecular complexity index is 929. The highest BCUT2D eigenvalue weighted by molar-refractivity contribution is 5.67. The van der Waals surface area contributed by atoms with Crippen LogP contribution in [0.1, 0.15) is 55.9 Å². The van der Waals surface area contributed by atoms with Crippen LogP contribution in [0.5, 0.6) is 0 Å². The molecule has 1 N–H and O–H groups in total. The Labute approximate surface area is 170 Å². The van der Waals surface area contributed by atoms with E-state index in [2.05, 4.69) is 11.4 Å². The first kappa shape index (κ1) is 20.8. The van der Waals surface area contributed by atoms with Crippen LogP contribution in [0.4, 0.5) is 9.18 Å². The highest BCUT2D eigenvalue weighted by Gasteiger charge is 2.41. The van der Waals surface area contributed by atoms with E-state index in [-0.39, 0.29) is 5.82 Å². The van der Waals surface area contributed by atoms with Gasteiger partial charge in [-0.3, -0.25) is 0 Å². The highest BCUT2D eigenvalue weighted by atomic mass is 19.1. The summed E-state index contributed by atoms with van der Waals surface area (Å²) in [5.74, 6) is -0.312. The first-order valence-corrected chi connectivity index (χ1v) is 9.64. The zero-order valence-corrected chi connectivity index (χ0v) is 16.9. The molecule has 0 aliphatic carbocycles. The molecule has 0 bridgehead atoms. The molecule has 0 fully saturated rings. The van der Waals surface area contributed by atoms with Crippen molar-refractivity contribution in [2.24, 2.45) is 0 Å². The molecule has 5 nitrogen and oxygen atoms in total. The van der Waals surface area contributed by atoms with E-state index in [1.165, 1.54) is 12.1 Å². The standard InChI is InChI=1S/C23H25FN2O3/c1-22(2,3)29-21(27)26-12-4-11-23(18-6-8-19(24)9-7-18)20-10-5-16(14-25)13-17(20)15-28-23/h5-10,13H,4,11-12,15H2,1-3H3,(H,26,27). The summed E-state index contributed by atoms with van der Waals surface area (Å²) in [6.45, 7) is 6.24. The summed E-state index contributed by atoms with van der Waals surface area (Å²) >= 11 is 0. The molecule has 3 rings (SSSR count). The average Bonchev–Trinajstić information content (AvgIpc) is 3.03. The normalized spacial score (nSPS) is 18.0. The number of fused-ring (bicyclic) bond motifs is 1. The van der Waals surface area contributed by atoms with Gasteiger partial charge in [-0.1, -0.05) is 18.2 Å². The van der Waals surface area contributed by atoms with E-state index in [1.54, 1.807) is 18.2 Å². The molecule has 0 spiro atoms. The molecule has 29 heavy (non-hydrogen) atoms. The third kappa shape index (κ3) is 4.75. The fourth-order valence-corrected chi connectivity index (χ4v) is 3.61. The Balaban J connectivity index is 1.79. The van der Waals surface area contributed by atoms with Gasteiger partial charge in [-0.15, -0.1) is 0 Å². The maximum atomic E-state index is 13.5. The van der Waals surface area contributed by atoms with Gasteiger partial charge in [-0.2, -0.15) is 5.26 Å². The van der Waals surface area contributed by atoms with E-state index >= 15 is 0 Å². The summed E-state index contributed by atoms with van der Waals surface area (Å²) in [7, 11) is 0. The molecule has 2 aromatic carbocycles. The van der Waals surface area contributed by atoms with Crippen LogP contribution in [-0.4, -0.2) is 18.2 Å². The molecular formula is C23H25FN2O3. The number of carbonyl (C=O) groups is 1. The van der Waals surface area contributed by atoms with E-state index in [0.29, 0.717) is 31.6 Å². The number of hydrogen-bond acceptors (Lipinski definition) is 4. The Kier molecular flexibility index (Phi) is 5.90. The second kappa shape index (κ2) is 8.22. The quantitative estimate of drug-likeness (QED) is 0.739. The van der Waals surface area contributed by atoms with E-state index in [9.17, 15) is 9.18 Å². The predicted octanol–water partition coefficient (Wildman–Crippen LogP) is 4.78. The monoisotopic (exact) mass is 396 g/mol. The second-order valence-electron chi connectivity index (χ2n) is 8.14. The molecule has 1 aliphatic heterocycles. The number of halogens is 1. The van der Waals surface area contributed by atoms with Crippen LogP contribution in [0.3, 0.4) is 0 Å². The van der Waals surface area contributed by atoms with Gasteiger partial charge in [-0.25, -0.2) is 9.18 Å². The molecule has 0 saturated carbocycles. The molecule has 1 unspecified atom stereocenters. The van der Waals surface area contributed by atoms with Crippen LogP contribution < -0.4 is 5.32 Å². The molecule has 1 heterocycles. The summed E-state index contributed by atoms with van der Waals surface area (Å²) in [5, 5.41) is 11.9. The molecule has 0 saturated heterocycles. The SMILES string of the molecule is CC(C)(C)OC(=O)NCCCC1(c2ccc(F)cc2)OCc2cc(C#N)ccc21. The van der Waals surface area contributed by atoms with E-state index in [4.69, 9.17) is 14.7 Å². The number of amides is 1. The van der Waals surface area contributed by atoms with E-state index < -0.39 is 17.3 Å². The van der Waals surface area contributed by atoms with Gasteiger partial charge >= 0.3 is 6.09 Å². The smallest absolute Gasteiger partial charge is 0.407 e. The molecule has 1 amide bonds. The molecule has 1 aliphatic rings. The molecule has 152 valence electrons. The lowest BCUT2D eigenvalue weighted by atomic mass is 9.81. The first-order chi connectivity index (χ1) is 13.7. The second-order valence-corrected chi connectivity index (χ2v) is 8.14. The fraction of sp³-hybridized carbons (Fsp3) is 0.391. The van der Waals surface area contributed by atoms with Gasteiger partial charge in [0.1, 0.15) is 17.0 Å². The fourth-order valence-electron chi connectivity index (χ4n) is 3.61. The number of nitrogens with one attached hydrogen (secondary N) is 1. The highest BCUT2D eigenvalue weighted by Crippen LogP contribution is 2.45. The van der Waals surface area contributed by atoms with E-state index in [1.807, 2.05) is 32.9 Å². The van der Waals surface area contributed by atoms with Crippen molar-refractivity contribution in [3.05, 3.63) is 70.5 Å². The van der Waals surface area contributed by atoms with Crippen LogP contribution in [-0.2, 0) is 21.7 Å². The van der Waals surface area contributed by atoms with Crippen molar-refractivity contribution in [1.29, 1.82) is 5.26 Å². The van der Waals surface area contributed by atoms with Crippen LogP contribution in [0.15, 0.2) is 42.5 Å². The third-order valence-electron chi connectivity index (χ3n) is 4.83. The summed E-state index contributed by atoms with van der Waals surface area (Å²) in [6, 6.07) is 13.9. The van der Waals surface area contributed by atoms with Gasteiger partial charge < -0.3 is 14.8 Å². The molecule has 2 aromatic rings. The van der Waals surface area contributed by atoms with Crippen molar-refractivity contribution in [2.75, 3.05) is 6.54 Å². The predicted molar refractivity (Wildman–Crippen MR) is 107 cm³/mol. The summed E-state index contributed by atoms with van der Waals surface area (Å²) in [5.41, 5.74) is 2.06. The maximum absolute atomic E-state index is 13.5. The van der Waals surface area contributed by atoms with Crippen LogP contribution in [0.2, 0.25) is 0 Å². The van der Waals surface area contributed by atoms with Crippen molar-refractivity contribution < 1.29 is 18.7 Å². The number of hydrogen-bond donors (Lipinski definition) is 1. The third-order valence-corrected chi connectivity index (χ3v) is 4.83. The molecule has 0 aromatic heterocycles. The Morgan fingerprint density at radius 3 is 2.66 bits per heavy atom. The molecule has 1 atom stereocenters. The van der Waals surface area contributed by atoms with Gasteiger partial charge in [0.05, 0.1) is 18.2 Å². The molecule has 6 heteroatoms. The van der Waals surface area contributed by atoms with Gasteiger partial charge in [-0.05, 0) is 74.6 Å². The summed E-state index contributed by atoms with van der Waals surface area (Å²) in [6.07, 6.45) is 0.767. The number of carbonyl (C=O) groups excluding carboxylic acids is 1. The van der Waals surface area contributed by atoms with Crippen molar-refractivity contribution in [3.8, 4) is 6.07 Å². The lowest BCUT2D eigenvalue weighted by Gasteiger charge is -2.31. The Morgan fingerprint density at radius 2 is 2.00 bits per heavy atom. The minimum Gasteiger partial charge on any atom is -0.444 e. The maximum Gasteiger partial charge on any atom is 0.407 e.